The lowest BCUT2D eigenvalue weighted by Crippen LogP contribution is -2.14. The Hall–Kier alpha value is -2.00. The van der Waals surface area contributed by atoms with E-state index in [4.69, 9.17) is 27.9 Å². The highest BCUT2D eigenvalue weighted by Gasteiger charge is 2.14. The highest BCUT2D eigenvalue weighted by atomic mass is 35.5. The topological polar surface area (TPSA) is 62.1 Å². The molecular formula is C16H12Cl2N2O2S. The molecule has 0 aliphatic heterocycles. The molecule has 2 aromatic rings. The highest BCUT2D eigenvalue weighted by Crippen LogP contribution is 2.31. The van der Waals surface area contributed by atoms with Crippen LogP contribution in [0.2, 0.25) is 9.36 Å². The molecule has 1 N–H and O–H groups in total. The molecule has 0 unspecified atom stereocenters. The number of hydrogen-bond acceptors (Lipinski definition) is 4. The molecule has 0 saturated heterocycles. The van der Waals surface area contributed by atoms with Gasteiger partial charge in [0.05, 0.1) is 17.1 Å². The third-order valence-electron chi connectivity index (χ3n) is 2.97. The standard InChI is InChI=1S/C16H12Cl2N2O2S/c1-9-5-13(14(22-2)7-12(9)17)20-16(21)10(8-19)6-11-3-4-15(18)23-11/h3-7H,1-2H3,(H,20,21)/b10-6+. The number of carbonyl (C=O) groups excluding carboxylic acids is 1. The summed E-state index contributed by atoms with van der Waals surface area (Å²) in [6, 6.07) is 8.64. The summed E-state index contributed by atoms with van der Waals surface area (Å²) in [6.07, 6.45) is 1.49. The van der Waals surface area contributed by atoms with Gasteiger partial charge >= 0.3 is 0 Å². The predicted octanol–water partition coefficient (Wildman–Crippen LogP) is 4.92. The smallest absolute Gasteiger partial charge is 0.266 e. The van der Waals surface area contributed by atoms with Crippen molar-refractivity contribution in [3.8, 4) is 11.8 Å². The molecule has 0 aliphatic rings. The second kappa shape index (κ2) is 7.51. The fraction of sp³-hybridized carbons (Fsp3) is 0.125. The van der Waals surface area contributed by atoms with Gasteiger partial charge in [0.15, 0.2) is 0 Å². The van der Waals surface area contributed by atoms with Gasteiger partial charge in [0, 0.05) is 16.0 Å². The molecule has 0 saturated carbocycles. The molecule has 2 rings (SSSR count). The molecule has 0 radical (unpaired) electrons. The molecule has 4 nitrogen and oxygen atoms in total. The lowest BCUT2D eigenvalue weighted by molar-refractivity contribution is -0.112. The van der Waals surface area contributed by atoms with E-state index in [1.165, 1.54) is 24.5 Å². The minimum Gasteiger partial charge on any atom is -0.495 e. The molecule has 23 heavy (non-hydrogen) atoms. The van der Waals surface area contributed by atoms with Crippen LogP contribution in [0, 0.1) is 18.3 Å². The first-order valence-corrected chi connectivity index (χ1v) is 8.04. The maximum Gasteiger partial charge on any atom is 0.266 e. The van der Waals surface area contributed by atoms with Crippen molar-refractivity contribution in [2.75, 3.05) is 12.4 Å². The Morgan fingerprint density at radius 1 is 1.39 bits per heavy atom. The summed E-state index contributed by atoms with van der Waals surface area (Å²) in [4.78, 5) is 13.0. The van der Waals surface area contributed by atoms with Crippen LogP contribution in [-0.4, -0.2) is 13.0 Å². The fourth-order valence-corrected chi connectivity index (χ4v) is 2.97. The van der Waals surface area contributed by atoms with Gasteiger partial charge in [-0.05, 0) is 36.8 Å². The minimum atomic E-state index is -0.531. The van der Waals surface area contributed by atoms with Gasteiger partial charge in [-0.1, -0.05) is 23.2 Å². The number of nitriles is 1. The van der Waals surface area contributed by atoms with Crippen molar-refractivity contribution in [1.82, 2.24) is 0 Å². The highest BCUT2D eigenvalue weighted by molar-refractivity contribution is 7.17. The normalized spacial score (nSPS) is 11.0. The minimum absolute atomic E-state index is 0.0295. The summed E-state index contributed by atoms with van der Waals surface area (Å²) in [5.74, 6) is -0.109. The van der Waals surface area contributed by atoms with Crippen LogP contribution in [0.15, 0.2) is 29.8 Å². The average Bonchev–Trinajstić information content (AvgIpc) is 2.93. The largest absolute Gasteiger partial charge is 0.495 e. The quantitative estimate of drug-likeness (QED) is 0.616. The lowest BCUT2D eigenvalue weighted by Gasteiger charge is -2.11. The van der Waals surface area contributed by atoms with Gasteiger partial charge in [0.1, 0.15) is 17.4 Å². The molecule has 0 aliphatic carbocycles. The number of carbonyl (C=O) groups is 1. The second-order valence-electron chi connectivity index (χ2n) is 4.57. The number of halogens is 2. The summed E-state index contributed by atoms with van der Waals surface area (Å²) < 4.78 is 5.79. The third kappa shape index (κ3) is 4.26. The van der Waals surface area contributed by atoms with Crippen LogP contribution in [0.4, 0.5) is 5.69 Å². The number of methoxy groups -OCH3 is 1. The number of rotatable bonds is 4. The Bertz CT molecular complexity index is 822. The van der Waals surface area contributed by atoms with Crippen LogP contribution in [0.5, 0.6) is 5.75 Å². The number of benzene rings is 1. The van der Waals surface area contributed by atoms with Crippen LogP contribution in [0.3, 0.4) is 0 Å². The monoisotopic (exact) mass is 366 g/mol. The van der Waals surface area contributed by atoms with Gasteiger partial charge < -0.3 is 10.1 Å². The molecule has 118 valence electrons. The van der Waals surface area contributed by atoms with E-state index >= 15 is 0 Å². The number of ether oxygens (including phenoxy) is 1. The van der Waals surface area contributed by atoms with E-state index in [0.29, 0.717) is 20.8 Å². The molecular weight excluding hydrogens is 355 g/mol. The molecule has 7 heteroatoms. The predicted molar refractivity (Wildman–Crippen MR) is 94.3 cm³/mol. The number of nitrogens with zero attached hydrogens (tertiary/aromatic N) is 1. The van der Waals surface area contributed by atoms with Crippen molar-refractivity contribution in [2.45, 2.75) is 6.92 Å². The zero-order chi connectivity index (χ0) is 17.0. The Labute approximate surface area is 147 Å². The van der Waals surface area contributed by atoms with Crippen LogP contribution in [0.1, 0.15) is 10.4 Å². The molecule has 0 fully saturated rings. The second-order valence-corrected chi connectivity index (χ2v) is 6.72. The third-order valence-corrected chi connectivity index (χ3v) is 4.56. The maximum absolute atomic E-state index is 12.3. The van der Waals surface area contributed by atoms with Crippen molar-refractivity contribution in [1.29, 1.82) is 5.26 Å². The van der Waals surface area contributed by atoms with Gasteiger partial charge in [-0.15, -0.1) is 11.3 Å². The Balaban J connectivity index is 2.29. The van der Waals surface area contributed by atoms with Crippen LogP contribution >= 0.6 is 34.5 Å². The Morgan fingerprint density at radius 2 is 2.13 bits per heavy atom. The summed E-state index contributed by atoms with van der Waals surface area (Å²) in [5, 5.41) is 12.4. The first-order valence-electron chi connectivity index (χ1n) is 6.47. The zero-order valence-electron chi connectivity index (χ0n) is 12.3. The van der Waals surface area contributed by atoms with Crippen LogP contribution < -0.4 is 10.1 Å². The number of hydrogen-bond donors (Lipinski definition) is 1. The molecule has 0 spiro atoms. The van der Waals surface area contributed by atoms with Crippen LogP contribution in [-0.2, 0) is 4.79 Å². The van der Waals surface area contributed by atoms with Gasteiger partial charge in [-0.25, -0.2) is 0 Å². The Morgan fingerprint density at radius 3 is 2.70 bits per heavy atom. The average molecular weight is 367 g/mol. The molecule has 0 bridgehead atoms. The lowest BCUT2D eigenvalue weighted by atomic mass is 10.2. The maximum atomic E-state index is 12.3. The first-order chi connectivity index (χ1) is 10.9. The molecule has 1 aromatic carbocycles. The van der Waals surface area contributed by atoms with Crippen LogP contribution in [0.25, 0.3) is 6.08 Å². The molecule has 0 atom stereocenters. The number of anilines is 1. The van der Waals surface area contributed by atoms with E-state index in [1.807, 2.05) is 13.0 Å². The fourth-order valence-electron chi connectivity index (χ4n) is 1.82. The number of aryl methyl sites for hydroxylation is 1. The zero-order valence-corrected chi connectivity index (χ0v) is 14.6. The summed E-state index contributed by atoms with van der Waals surface area (Å²) in [6.45, 7) is 1.81. The number of thiophene rings is 1. The molecule has 1 aromatic heterocycles. The van der Waals surface area contributed by atoms with Crippen molar-refractivity contribution in [2.24, 2.45) is 0 Å². The molecule has 1 amide bonds. The van der Waals surface area contributed by atoms with Gasteiger partial charge in [0.2, 0.25) is 0 Å². The van der Waals surface area contributed by atoms with E-state index < -0.39 is 5.91 Å². The Kier molecular flexibility index (Phi) is 5.67. The van der Waals surface area contributed by atoms with E-state index in [-0.39, 0.29) is 5.57 Å². The van der Waals surface area contributed by atoms with E-state index in [2.05, 4.69) is 5.32 Å². The van der Waals surface area contributed by atoms with Crippen molar-refractivity contribution in [3.05, 3.63) is 49.6 Å². The molecule has 1 heterocycles. The van der Waals surface area contributed by atoms with E-state index in [9.17, 15) is 10.1 Å². The van der Waals surface area contributed by atoms with Crippen molar-refractivity contribution >= 4 is 52.2 Å². The van der Waals surface area contributed by atoms with E-state index in [1.54, 1.807) is 24.3 Å². The number of amides is 1. The van der Waals surface area contributed by atoms with Gasteiger partial charge in [-0.3, -0.25) is 4.79 Å². The SMILES string of the molecule is COc1cc(Cl)c(C)cc1NC(=O)/C(C#N)=C/c1ccc(Cl)s1. The first kappa shape index (κ1) is 17.4. The number of nitrogens with one attached hydrogen (secondary N) is 1. The summed E-state index contributed by atoms with van der Waals surface area (Å²) >= 11 is 13.2. The van der Waals surface area contributed by atoms with Crippen molar-refractivity contribution in [3.63, 3.8) is 0 Å². The van der Waals surface area contributed by atoms with Gasteiger partial charge in [-0.2, -0.15) is 5.26 Å². The summed E-state index contributed by atoms with van der Waals surface area (Å²) in [7, 11) is 1.48. The van der Waals surface area contributed by atoms with E-state index in [0.717, 1.165) is 10.4 Å². The van der Waals surface area contributed by atoms with Crippen molar-refractivity contribution < 1.29 is 9.53 Å². The summed E-state index contributed by atoms with van der Waals surface area (Å²) in [5.41, 5.74) is 1.21. The van der Waals surface area contributed by atoms with Gasteiger partial charge in [0.25, 0.3) is 5.91 Å².